The van der Waals surface area contributed by atoms with Crippen molar-refractivity contribution in [2.24, 2.45) is 0 Å². The second-order valence-electron chi connectivity index (χ2n) is 7.61. The fraction of sp³-hybridized carbons (Fsp3) is 0.409. The molecular formula is C22H23F4NO7. The van der Waals surface area contributed by atoms with E-state index in [2.05, 4.69) is 5.32 Å². The van der Waals surface area contributed by atoms with Crippen LogP contribution in [0.4, 0.5) is 17.6 Å². The number of amides is 1. The number of hydrogen-bond donors (Lipinski definition) is 4. The molecule has 3 rings (SSSR count). The Morgan fingerprint density at radius 1 is 1.18 bits per heavy atom. The van der Waals surface area contributed by atoms with Crippen LogP contribution in [0, 0.1) is 5.82 Å². The molecule has 1 saturated heterocycles. The maximum Gasteiger partial charge on any atom is 0.417 e. The van der Waals surface area contributed by atoms with Gasteiger partial charge in [-0.05, 0) is 29.8 Å². The Balaban J connectivity index is 2.13. The second-order valence-corrected chi connectivity index (χ2v) is 7.61. The molecule has 12 heteroatoms. The highest BCUT2D eigenvalue weighted by molar-refractivity contribution is 5.76. The van der Waals surface area contributed by atoms with E-state index in [0.29, 0.717) is 0 Å². The number of aliphatic hydroxyl groups excluding tert-OH is 3. The maximum absolute atomic E-state index is 14.2. The van der Waals surface area contributed by atoms with E-state index < -0.39 is 72.0 Å². The molecule has 1 fully saturated rings. The third kappa shape index (κ3) is 5.41. The van der Waals surface area contributed by atoms with E-state index in [-0.39, 0.29) is 11.3 Å². The first-order valence-electron chi connectivity index (χ1n) is 10.1. The minimum atomic E-state index is -4.86. The van der Waals surface area contributed by atoms with Gasteiger partial charge in [0.25, 0.3) is 0 Å². The zero-order valence-electron chi connectivity index (χ0n) is 18.0. The van der Waals surface area contributed by atoms with Crippen molar-refractivity contribution in [3.8, 4) is 22.6 Å². The Kier molecular flexibility index (Phi) is 7.66. The van der Waals surface area contributed by atoms with E-state index in [1.807, 2.05) is 0 Å². The largest absolute Gasteiger partial charge is 0.497 e. The number of methoxy groups -OCH3 is 1. The molecule has 0 radical (unpaired) electrons. The summed E-state index contributed by atoms with van der Waals surface area (Å²) in [7, 11) is 1.22. The zero-order valence-corrected chi connectivity index (χ0v) is 18.0. The molecule has 186 valence electrons. The van der Waals surface area contributed by atoms with Crippen molar-refractivity contribution in [1.29, 1.82) is 0 Å². The number of halogens is 4. The lowest BCUT2D eigenvalue weighted by Gasteiger charge is -2.42. The van der Waals surface area contributed by atoms with Crippen molar-refractivity contribution in [3.05, 3.63) is 47.8 Å². The lowest BCUT2D eigenvalue weighted by Crippen LogP contribution is -2.65. The summed E-state index contributed by atoms with van der Waals surface area (Å²) in [4.78, 5) is 11.6. The molecule has 4 N–H and O–H groups in total. The van der Waals surface area contributed by atoms with Crippen LogP contribution in [0.1, 0.15) is 12.5 Å². The van der Waals surface area contributed by atoms with Crippen LogP contribution in [0.2, 0.25) is 0 Å². The van der Waals surface area contributed by atoms with Crippen molar-refractivity contribution >= 4 is 5.91 Å². The number of carbonyl (C=O) groups is 1. The lowest BCUT2D eigenvalue weighted by molar-refractivity contribution is -0.244. The maximum atomic E-state index is 14.2. The van der Waals surface area contributed by atoms with Crippen LogP contribution in [0.25, 0.3) is 11.1 Å². The van der Waals surface area contributed by atoms with Crippen LogP contribution in [-0.4, -0.2) is 65.6 Å². The van der Waals surface area contributed by atoms with Gasteiger partial charge in [-0.2, -0.15) is 13.2 Å². The third-order valence-corrected chi connectivity index (χ3v) is 5.22. The van der Waals surface area contributed by atoms with Gasteiger partial charge in [0.2, 0.25) is 12.2 Å². The first kappa shape index (κ1) is 25.7. The summed E-state index contributed by atoms with van der Waals surface area (Å²) in [6, 6.07) is 4.64. The monoisotopic (exact) mass is 489 g/mol. The van der Waals surface area contributed by atoms with Crippen LogP contribution in [0.3, 0.4) is 0 Å². The van der Waals surface area contributed by atoms with Crippen LogP contribution in [-0.2, 0) is 15.7 Å². The summed E-state index contributed by atoms with van der Waals surface area (Å²) < 4.78 is 71.9. The van der Waals surface area contributed by atoms with Crippen LogP contribution in [0.5, 0.6) is 11.5 Å². The van der Waals surface area contributed by atoms with Crippen LogP contribution >= 0.6 is 0 Å². The number of carbonyl (C=O) groups excluding carboxylic acids is 1. The van der Waals surface area contributed by atoms with E-state index in [9.17, 15) is 37.7 Å². The van der Waals surface area contributed by atoms with Gasteiger partial charge in [0.05, 0.1) is 19.3 Å². The van der Waals surface area contributed by atoms with Crippen molar-refractivity contribution in [2.45, 2.75) is 43.7 Å². The van der Waals surface area contributed by atoms with E-state index in [1.54, 1.807) is 0 Å². The van der Waals surface area contributed by atoms with E-state index in [1.165, 1.54) is 19.2 Å². The molecule has 5 atom stereocenters. The van der Waals surface area contributed by atoms with Crippen LogP contribution in [0.15, 0.2) is 36.4 Å². The molecule has 1 heterocycles. The predicted octanol–water partition coefficient (Wildman–Crippen LogP) is 1.84. The van der Waals surface area contributed by atoms with Gasteiger partial charge in [-0.25, -0.2) is 4.39 Å². The quantitative estimate of drug-likeness (QED) is 0.458. The molecular weight excluding hydrogens is 466 g/mol. The molecule has 0 spiro atoms. The van der Waals surface area contributed by atoms with E-state index in [4.69, 9.17) is 14.2 Å². The van der Waals surface area contributed by atoms with Gasteiger partial charge in [0.1, 0.15) is 41.7 Å². The Labute approximate surface area is 191 Å². The molecule has 0 saturated carbocycles. The average molecular weight is 489 g/mol. The number of ether oxygens (including phenoxy) is 3. The van der Waals surface area contributed by atoms with E-state index >= 15 is 0 Å². The molecule has 0 aliphatic carbocycles. The fourth-order valence-corrected chi connectivity index (χ4v) is 3.68. The zero-order chi connectivity index (χ0) is 25.2. The molecule has 2 aromatic rings. The predicted molar refractivity (Wildman–Crippen MR) is 109 cm³/mol. The van der Waals surface area contributed by atoms with Crippen molar-refractivity contribution in [1.82, 2.24) is 5.32 Å². The van der Waals surface area contributed by atoms with Gasteiger partial charge in [0.15, 0.2) is 0 Å². The Morgan fingerprint density at radius 2 is 1.88 bits per heavy atom. The molecule has 1 aliphatic rings. The van der Waals surface area contributed by atoms with Crippen molar-refractivity contribution in [3.63, 3.8) is 0 Å². The average Bonchev–Trinajstić information content (AvgIpc) is 2.77. The number of aliphatic hydroxyl groups is 3. The summed E-state index contributed by atoms with van der Waals surface area (Å²) in [5, 5.41) is 32.3. The second kappa shape index (κ2) is 10.1. The van der Waals surface area contributed by atoms with E-state index in [0.717, 1.165) is 31.2 Å². The summed E-state index contributed by atoms with van der Waals surface area (Å²) in [5.41, 5.74) is -1.91. The summed E-state index contributed by atoms with van der Waals surface area (Å²) in [5.74, 6) is -1.96. The highest BCUT2D eigenvalue weighted by Crippen LogP contribution is 2.44. The molecule has 0 aromatic heterocycles. The number of benzene rings is 2. The summed E-state index contributed by atoms with van der Waals surface area (Å²) in [6.45, 7) is 0.366. The summed E-state index contributed by atoms with van der Waals surface area (Å²) in [6.07, 6.45) is -11.1. The molecule has 1 aliphatic heterocycles. The Morgan fingerprint density at radius 3 is 2.47 bits per heavy atom. The fourth-order valence-electron chi connectivity index (χ4n) is 3.68. The number of rotatable bonds is 6. The SMILES string of the molecule is COc1cc(F)cc(-c2c(O[C@@H]3O[C@H](CO)[C@H](O)[C@H](O)[C@H]3NC(C)=O)cccc2C(F)(F)F)c1. The highest BCUT2D eigenvalue weighted by Gasteiger charge is 2.46. The standard InChI is InChI=1S/C22H23F4NO7/c1-10(29)27-18-20(31)19(30)16(9-28)34-21(18)33-15-5-3-4-14(22(24,25)26)17(15)11-6-12(23)8-13(7-11)32-2/h3-8,16,18-21,28,30-31H,9H2,1-2H3,(H,27,29)/t16-,18-,19+,20-,21-/m1/s1. The first-order valence-corrected chi connectivity index (χ1v) is 10.1. The smallest absolute Gasteiger partial charge is 0.417 e. The summed E-state index contributed by atoms with van der Waals surface area (Å²) >= 11 is 0. The molecule has 0 unspecified atom stereocenters. The number of hydrogen-bond acceptors (Lipinski definition) is 7. The van der Waals surface area contributed by atoms with Gasteiger partial charge < -0.3 is 34.8 Å². The molecule has 8 nitrogen and oxygen atoms in total. The van der Waals surface area contributed by atoms with Crippen LogP contribution < -0.4 is 14.8 Å². The first-order chi connectivity index (χ1) is 16.0. The number of alkyl halides is 3. The normalized spacial score (nSPS) is 25.0. The van der Waals surface area contributed by atoms with Gasteiger partial charge in [-0.1, -0.05) is 6.07 Å². The minimum absolute atomic E-state index is 0.0399. The molecule has 1 amide bonds. The van der Waals surface area contributed by atoms with Gasteiger partial charge >= 0.3 is 6.18 Å². The van der Waals surface area contributed by atoms with Gasteiger partial charge in [0, 0.05) is 18.6 Å². The highest BCUT2D eigenvalue weighted by atomic mass is 19.4. The van der Waals surface area contributed by atoms with Crippen molar-refractivity contribution < 1.29 is 51.9 Å². The van der Waals surface area contributed by atoms with Crippen molar-refractivity contribution in [2.75, 3.05) is 13.7 Å². The molecule has 2 aromatic carbocycles. The Hall–Kier alpha value is -2.93. The minimum Gasteiger partial charge on any atom is -0.497 e. The van der Waals surface area contributed by atoms with Gasteiger partial charge in [-0.3, -0.25) is 4.79 Å². The van der Waals surface area contributed by atoms with Gasteiger partial charge in [-0.15, -0.1) is 0 Å². The molecule has 0 bridgehead atoms. The Bertz CT molecular complexity index is 1030. The third-order valence-electron chi connectivity index (χ3n) is 5.22. The molecule has 34 heavy (non-hydrogen) atoms. The lowest BCUT2D eigenvalue weighted by atomic mass is 9.96. The topological polar surface area (TPSA) is 117 Å². The number of nitrogens with one attached hydrogen (secondary N) is 1.